The molecule has 0 saturated heterocycles. The smallest absolute Gasteiger partial charge is 0.201 e. The molecule has 1 atom stereocenters. The van der Waals surface area contributed by atoms with Crippen molar-refractivity contribution in [2.24, 2.45) is 7.05 Å². The Morgan fingerprint density at radius 3 is 2.83 bits per heavy atom. The van der Waals surface area contributed by atoms with E-state index < -0.39 is 6.10 Å². The monoisotopic (exact) mass is 185 g/mol. The topological polar surface area (TPSA) is 50.8 Å². The van der Waals surface area contributed by atoms with Crippen molar-refractivity contribution in [3.63, 3.8) is 0 Å². The van der Waals surface area contributed by atoms with Gasteiger partial charge in [-0.1, -0.05) is 11.6 Å². The Kier molecular flexibility index (Phi) is 2.69. The minimum absolute atomic E-state index is 0.488. The van der Waals surface area contributed by atoms with Gasteiger partial charge in [-0.25, -0.2) is 4.98 Å². The summed E-state index contributed by atoms with van der Waals surface area (Å²) in [5.74, 6) is 0.519. The molecule has 0 aromatic carbocycles. The third kappa shape index (κ3) is 1.42. The third-order valence-electron chi connectivity index (χ3n) is 1.55. The quantitative estimate of drug-likeness (QED) is 0.698. The highest BCUT2D eigenvalue weighted by Crippen LogP contribution is 2.17. The van der Waals surface area contributed by atoms with Gasteiger partial charge < -0.3 is 9.30 Å². The Morgan fingerprint density at radius 1 is 1.83 bits per heavy atom. The van der Waals surface area contributed by atoms with Crippen LogP contribution in [0.1, 0.15) is 11.9 Å². The molecule has 0 amide bonds. The summed E-state index contributed by atoms with van der Waals surface area (Å²) in [6.45, 7) is 0. The number of methoxy groups -OCH3 is 1. The highest BCUT2D eigenvalue weighted by Gasteiger charge is 2.15. The van der Waals surface area contributed by atoms with Crippen LogP contribution >= 0.6 is 11.6 Å². The van der Waals surface area contributed by atoms with Crippen LogP contribution in [0, 0.1) is 11.3 Å². The number of halogens is 1. The molecule has 1 rings (SSSR count). The number of nitrogens with zero attached hydrogens (tertiary/aromatic N) is 3. The highest BCUT2D eigenvalue weighted by molar-refractivity contribution is 6.29. The van der Waals surface area contributed by atoms with E-state index in [0.29, 0.717) is 11.0 Å². The van der Waals surface area contributed by atoms with Crippen LogP contribution in [-0.2, 0) is 11.8 Å². The van der Waals surface area contributed by atoms with Crippen molar-refractivity contribution in [1.29, 1.82) is 5.26 Å². The van der Waals surface area contributed by atoms with Crippen molar-refractivity contribution in [1.82, 2.24) is 9.55 Å². The number of imidazole rings is 1. The first-order chi connectivity index (χ1) is 5.70. The van der Waals surface area contributed by atoms with E-state index in [0.717, 1.165) is 0 Å². The zero-order valence-electron chi connectivity index (χ0n) is 6.78. The molecule has 0 radical (unpaired) electrons. The van der Waals surface area contributed by atoms with E-state index in [-0.39, 0.29) is 0 Å². The molecule has 0 aliphatic heterocycles. The van der Waals surface area contributed by atoms with Crippen molar-refractivity contribution in [3.8, 4) is 6.07 Å². The predicted octanol–water partition coefficient (Wildman–Crippen LogP) is 1.28. The molecule has 1 heterocycles. The van der Waals surface area contributed by atoms with Gasteiger partial charge in [0.05, 0.1) is 6.20 Å². The van der Waals surface area contributed by atoms with Gasteiger partial charge in [-0.05, 0) is 0 Å². The summed E-state index contributed by atoms with van der Waals surface area (Å²) >= 11 is 5.72. The summed E-state index contributed by atoms with van der Waals surface area (Å²) in [7, 11) is 3.19. The van der Waals surface area contributed by atoms with E-state index in [1.54, 1.807) is 11.6 Å². The van der Waals surface area contributed by atoms with Crippen LogP contribution in [0.15, 0.2) is 6.20 Å². The molecule has 64 valence electrons. The molecular formula is C7H8ClN3O. The van der Waals surface area contributed by atoms with Crippen LogP contribution < -0.4 is 0 Å². The maximum Gasteiger partial charge on any atom is 0.201 e. The first-order valence-corrected chi connectivity index (χ1v) is 3.68. The van der Waals surface area contributed by atoms with Crippen molar-refractivity contribution in [2.45, 2.75) is 6.10 Å². The van der Waals surface area contributed by atoms with E-state index in [1.807, 2.05) is 6.07 Å². The molecule has 4 nitrogen and oxygen atoms in total. The fourth-order valence-electron chi connectivity index (χ4n) is 0.861. The summed E-state index contributed by atoms with van der Waals surface area (Å²) in [6, 6.07) is 1.96. The van der Waals surface area contributed by atoms with Crippen LogP contribution in [0.3, 0.4) is 0 Å². The second kappa shape index (κ2) is 3.57. The van der Waals surface area contributed by atoms with E-state index in [1.165, 1.54) is 13.3 Å². The van der Waals surface area contributed by atoms with E-state index in [9.17, 15) is 0 Å². The van der Waals surface area contributed by atoms with Gasteiger partial charge in [0.2, 0.25) is 6.10 Å². The van der Waals surface area contributed by atoms with Crippen LogP contribution in [0.2, 0.25) is 5.15 Å². The van der Waals surface area contributed by atoms with Gasteiger partial charge >= 0.3 is 0 Å². The van der Waals surface area contributed by atoms with Crippen molar-refractivity contribution in [3.05, 3.63) is 17.2 Å². The van der Waals surface area contributed by atoms with E-state index >= 15 is 0 Å². The maximum absolute atomic E-state index is 8.64. The molecule has 0 spiro atoms. The Labute approximate surface area is 75.3 Å². The summed E-state index contributed by atoms with van der Waals surface area (Å²) in [5.41, 5.74) is 0. The minimum atomic E-state index is -0.650. The highest BCUT2D eigenvalue weighted by atomic mass is 35.5. The summed E-state index contributed by atoms with van der Waals surface area (Å²) in [6.07, 6.45) is 0.836. The van der Waals surface area contributed by atoms with Crippen LogP contribution in [0.25, 0.3) is 0 Å². The van der Waals surface area contributed by atoms with Gasteiger partial charge in [-0.2, -0.15) is 5.26 Å². The molecule has 5 heteroatoms. The fraction of sp³-hybridized carbons (Fsp3) is 0.429. The van der Waals surface area contributed by atoms with E-state index in [2.05, 4.69) is 4.98 Å². The maximum atomic E-state index is 8.64. The van der Waals surface area contributed by atoms with Gasteiger partial charge in [-0.15, -0.1) is 0 Å². The van der Waals surface area contributed by atoms with Crippen molar-refractivity contribution >= 4 is 11.6 Å². The fourth-order valence-corrected chi connectivity index (χ4v) is 0.997. The molecule has 1 aromatic rings. The Bertz CT molecular complexity index is 315. The number of rotatable bonds is 2. The average molecular weight is 186 g/mol. The molecule has 1 aromatic heterocycles. The van der Waals surface area contributed by atoms with Gasteiger partial charge in [-0.3, -0.25) is 0 Å². The Morgan fingerprint density at radius 2 is 2.50 bits per heavy atom. The van der Waals surface area contributed by atoms with Crippen molar-refractivity contribution in [2.75, 3.05) is 7.11 Å². The van der Waals surface area contributed by atoms with Gasteiger partial charge in [0, 0.05) is 14.2 Å². The largest absolute Gasteiger partial charge is 0.359 e. The zero-order chi connectivity index (χ0) is 9.14. The van der Waals surface area contributed by atoms with E-state index in [4.69, 9.17) is 21.6 Å². The molecule has 0 bridgehead atoms. The SMILES string of the molecule is COC(C#N)c1ncc(Cl)n1C. The number of hydrogen-bond acceptors (Lipinski definition) is 3. The minimum Gasteiger partial charge on any atom is -0.359 e. The third-order valence-corrected chi connectivity index (χ3v) is 1.91. The normalized spacial score (nSPS) is 12.5. The molecule has 0 N–H and O–H groups in total. The number of ether oxygens (including phenoxy) is 1. The lowest BCUT2D eigenvalue weighted by Crippen LogP contribution is -2.06. The van der Waals surface area contributed by atoms with Gasteiger partial charge in [0.15, 0.2) is 5.82 Å². The van der Waals surface area contributed by atoms with Crippen LogP contribution in [-0.4, -0.2) is 16.7 Å². The van der Waals surface area contributed by atoms with Crippen LogP contribution in [0.5, 0.6) is 0 Å². The van der Waals surface area contributed by atoms with Gasteiger partial charge in [0.1, 0.15) is 11.2 Å². The lowest BCUT2D eigenvalue weighted by atomic mass is 10.4. The lowest BCUT2D eigenvalue weighted by Gasteiger charge is -2.06. The molecule has 1 unspecified atom stereocenters. The molecule has 0 aliphatic carbocycles. The number of aromatic nitrogens is 2. The molecule has 12 heavy (non-hydrogen) atoms. The number of nitriles is 1. The summed E-state index contributed by atoms with van der Waals surface area (Å²) in [4.78, 5) is 3.94. The van der Waals surface area contributed by atoms with Gasteiger partial charge in [0.25, 0.3) is 0 Å². The number of hydrogen-bond donors (Lipinski definition) is 0. The summed E-state index contributed by atoms with van der Waals surface area (Å²) in [5, 5.41) is 9.13. The second-order valence-corrected chi connectivity index (χ2v) is 2.63. The Balaban J connectivity index is 3.03. The standard InChI is InChI=1S/C7H8ClN3O/c1-11-6(8)4-10-7(11)5(3-9)12-2/h4-5H,1-2H3. The first kappa shape index (κ1) is 9.04. The second-order valence-electron chi connectivity index (χ2n) is 2.24. The summed E-state index contributed by atoms with van der Waals surface area (Å²) < 4.78 is 6.49. The Hall–Kier alpha value is -1.05. The van der Waals surface area contributed by atoms with Crippen LogP contribution in [0.4, 0.5) is 0 Å². The molecule has 0 fully saturated rings. The van der Waals surface area contributed by atoms with Crippen molar-refractivity contribution < 1.29 is 4.74 Å². The predicted molar refractivity (Wildman–Crippen MR) is 43.6 cm³/mol. The molecular weight excluding hydrogens is 178 g/mol. The zero-order valence-corrected chi connectivity index (χ0v) is 7.54. The molecule has 0 saturated carbocycles. The average Bonchev–Trinajstić information content (AvgIpc) is 2.38. The first-order valence-electron chi connectivity index (χ1n) is 3.30. The lowest BCUT2D eigenvalue weighted by molar-refractivity contribution is 0.139. The molecule has 0 aliphatic rings.